The molecule has 3 aliphatic rings. The third-order valence-corrected chi connectivity index (χ3v) is 7.04. The van der Waals surface area contributed by atoms with Crippen LogP contribution in [-0.2, 0) is 9.47 Å². The van der Waals surface area contributed by atoms with E-state index in [1.54, 1.807) is 13.8 Å². The predicted octanol–water partition coefficient (Wildman–Crippen LogP) is 3.74. The molecular weight excluding hydrogens is 356 g/mol. The average molecular weight is 401 g/mol. The fourth-order valence-electron chi connectivity index (χ4n) is 5.41. The fourth-order valence-corrected chi connectivity index (χ4v) is 5.41. The topological polar surface area (TPSA) is 79.2 Å². The van der Waals surface area contributed by atoms with Crippen LogP contribution in [0.5, 0.6) is 0 Å². The van der Waals surface area contributed by atoms with Crippen molar-refractivity contribution >= 4 is 0 Å². The van der Waals surface area contributed by atoms with Crippen molar-refractivity contribution in [2.24, 2.45) is 29.6 Å². The SMILES string of the molecule is CC1CCC(C(C)(C)O)C(O)C1.CC1CCC(C(C)C)C2(C1)OCC(CO)O2. The van der Waals surface area contributed by atoms with E-state index in [0.717, 1.165) is 25.7 Å². The van der Waals surface area contributed by atoms with E-state index in [2.05, 4.69) is 27.7 Å². The maximum absolute atomic E-state index is 9.74. The fraction of sp³-hybridized carbons (Fsp3) is 1.00. The van der Waals surface area contributed by atoms with Crippen molar-refractivity contribution in [1.82, 2.24) is 0 Å². The molecule has 1 aliphatic heterocycles. The van der Waals surface area contributed by atoms with Gasteiger partial charge in [0.05, 0.1) is 24.9 Å². The van der Waals surface area contributed by atoms with Gasteiger partial charge in [-0.15, -0.1) is 0 Å². The highest BCUT2D eigenvalue weighted by molar-refractivity contribution is 4.92. The summed E-state index contributed by atoms with van der Waals surface area (Å²) in [6.45, 7) is 13.1. The lowest BCUT2D eigenvalue weighted by molar-refractivity contribution is -0.240. The Bertz CT molecular complexity index is 474. The normalized spacial score (nSPS) is 41.8. The molecule has 5 nitrogen and oxygen atoms in total. The molecule has 7 unspecified atom stereocenters. The molecule has 28 heavy (non-hydrogen) atoms. The standard InChI is InChI=1S/C13H24O3.C10H20O2/c1-9(2)12-5-4-10(3)6-13(12)15-8-11(7-14)16-13;1-7-4-5-8(9(11)6-7)10(2,3)12/h9-12,14H,4-8H2,1-3H3;7-9,11-12H,4-6H2,1-3H3. The van der Waals surface area contributed by atoms with Crippen molar-refractivity contribution in [3.05, 3.63) is 0 Å². The Balaban J connectivity index is 0.000000209. The monoisotopic (exact) mass is 400 g/mol. The van der Waals surface area contributed by atoms with Gasteiger partial charge >= 0.3 is 0 Å². The van der Waals surface area contributed by atoms with Gasteiger partial charge in [-0.25, -0.2) is 0 Å². The van der Waals surface area contributed by atoms with Crippen molar-refractivity contribution < 1.29 is 24.8 Å². The van der Waals surface area contributed by atoms with Gasteiger partial charge in [0.1, 0.15) is 6.10 Å². The Labute approximate surface area is 171 Å². The number of hydrogen-bond donors (Lipinski definition) is 3. The van der Waals surface area contributed by atoms with E-state index in [0.29, 0.717) is 30.3 Å². The molecule has 0 radical (unpaired) electrons. The summed E-state index contributed by atoms with van der Waals surface area (Å²) >= 11 is 0. The highest BCUT2D eigenvalue weighted by Crippen LogP contribution is 2.47. The molecule has 2 saturated carbocycles. The van der Waals surface area contributed by atoms with E-state index < -0.39 is 11.4 Å². The molecule has 5 heteroatoms. The maximum Gasteiger partial charge on any atom is 0.172 e. The van der Waals surface area contributed by atoms with Crippen LogP contribution in [0.2, 0.25) is 0 Å². The molecule has 0 amide bonds. The van der Waals surface area contributed by atoms with Crippen molar-refractivity contribution in [1.29, 1.82) is 0 Å². The predicted molar refractivity (Wildman–Crippen MR) is 111 cm³/mol. The van der Waals surface area contributed by atoms with E-state index in [-0.39, 0.29) is 24.7 Å². The molecule has 3 fully saturated rings. The van der Waals surface area contributed by atoms with Gasteiger partial charge in [0, 0.05) is 18.3 Å². The summed E-state index contributed by atoms with van der Waals surface area (Å²) in [6, 6.07) is 0. The minimum Gasteiger partial charge on any atom is -0.394 e. The summed E-state index contributed by atoms with van der Waals surface area (Å²) in [4.78, 5) is 0. The van der Waals surface area contributed by atoms with E-state index in [4.69, 9.17) is 14.6 Å². The van der Waals surface area contributed by atoms with E-state index in [1.165, 1.54) is 12.8 Å². The quantitative estimate of drug-likeness (QED) is 0.673. The van der Waals surface area contributed by atoms with Gasteiger partial charge in [0.25, 0.3) is 0 Å². The average Bonchev–Trinajstić information content (AvgIpc) is 2.97. The van der Waals surface area contributed by atoms with Crippen molar-refractivity contribution in [3.8, 4) is 0 Å². The highest BCUT2D eigenvalue weighted by Gasteiger charge is 2.51. The summed E-state index contributed by atoms with van der Waals surface area (Å²) in [5.74, 6) is 1.98. The van der Waals surface area contributed by atoms with Gasteiger partial charge in [0.15, 0.2) is 5.79 Å². The van der Waals surface area contributed by atoms with Gasteiger partial charge in [-0.1, -0.05) is 40.5 Å². The van der Waals surface area contributed by atoms with Crippen molar-refractivity contribution in [2.75, 3.05) is 13.2 Å². The molecule has 0 aromatic heterocycles. The molecule has 3 N–H and O–H groups in total. The maximum atomic E-state index is 9.74. The van der Waals surface area contributed by atoms with E-state index in [9.17, 15) is 10.2 Å². The van der Waals surface area contributed by atoms with Crippen LogP contribution in [-0.4, -0.2) is 52.1 Å². The van der Waals surface area contributed by atoms with Gasteiger partial charge in [-0.3, -0.25) is 0 Å². The second-order valence-electron chi connectivity index (χ2n) is 10.5. The Morgan fingerprint density at radius 3 is 2.21 bits per heavy atom. The number of aliphatic hydroxyl groups excluding tert-OH is 2. The van der Waals surface area contributed by atoms with Crippen LogP contribution < -0.4 is 0 Å². The van der Waals surface area contributed by atoms with Crippen LogP contribution >= 0.6 is 0 Å². The van der Waals surface area contributed by atoms with Gasteiger partial charge in [0.2, 0.25) is 0 Å². The Morgan fingerprint density at radius 1 is 1.07 bits per heavy atom. The van der Waals surface area contributed by atoms with E-state index >= 15 is 0 Å². The molecule has 7 atom stereocenters. The minimum absolute atomic E-state index is 0.0636. The first-order chi connectivity index (χ1) is 13.0. The smallest absolute Gasteiger partial charge is 0.172 e. The summed E-state index contributed by atoms with van der Waals surface area (Å²) in [6.07, 6.45) is 5.91. The molecule has 0 aromatic rings. The van der Waals surface area contributed by atoms with Crippen molar-refractivity contribution in [3.63, 3.8) is 0 Å². The number of rotatable bonds is 3. The summed E-state index contributed by atoms with van der Waals surface area (Å²) in [5, 5.41) is 28.6. The highest BCUT2D eigenvalue weighted by atomic mass is 16.7. The zero-order valence-electron chi connectivity index (χ0n) is 18.9. The Kier molecular flexibility index (Phi) is 8.37. The first kappa shape index (κ1) is 24.1. The van der Waals surface area contributed by atoms with Gasteiger partial charge in [-0.05, 0) is 50.9 Å². The zero-order valence-corrected chi connectivity index (χ0v) is 18.9. The third kappa shape index (κ3) is 5.91. The van der Waals surface area contributed by atoms with Crippen LogP contribution in [0, 0.1) is 29.6 Å². The Hall–Kier alpha value is -0.200. The second kappa shape index (κ2) is 9.74. The first-order valence-corrected chi connectivity index (χ1v) is 11.3. The summed E-state index contributed by atoms with van der Waals surface area (Å²) < 4.78 is 12.0. The molecule has 2 aliphatic carbocycles. The van der Waals surface area contributed by atoms with E-state index in [1.807, 2.05) is 0 Å². The third-order valence-electron chi connectivity index (χ3n) is 7.04. The van der Waals surface area contributed by atoms with Gasteiger partial charge in [-0.2, -0.15) is 0 Å². The molecule has 3 rings (SSSR count). The molecule has 166 valence electrons. The lowest BCUT2D eigenvalue weighted by Gasteiger charge is -2.44. The summed E-state index contributed by atoms with van der Waals surface area (Å²) in [7, 11) is 0. The Morgan fingerprint density at radius 2 is 1.71 bits per heavy atom. The molecule has 1 spiro atoms. The minimum atomic E-state index is -0.723. The number of aliphatic hydroxyl groups is 3. The molecular formula is C23H44O5. The largest absolute Gasteiger partial charge is 0.394 e. The van der Waals surface area contributed by atoms with Crippen LogP contribution in [0.4, 0.5) is 0 Å². The lowest BCUT2D eigenvalue weighted by Crippen LogP contribution is -2.47. The van der Waals surface area contributed by atoms with Crippen LogP contribution in [0.3, 0.4) is 0 Å². The van der Waals surface area contributed by atoms with Crippen LogP contribution in [0.1, 0.15) is 80.1 Å². The zero-order chi connectivity index (χ0) is 21.1. The van der Waals surface area contributed by atoms with Crippen LogP contribution in [0.15, 0.2) is 0 Å². The van der Waals surface area contributed by atoms with Gasteiger partial charge < -0.3 is 24.8 Å². The van der Waals surface area contributed by atoms with Crippen LogP contribution in [0.25, 0.3) is 0 Å². The molecule has 0 bridgehead atoms. The molecule has 0 aromatic carbocycles. The number of hydrogen-bond acceptors (Lipinski definition) is 5. The summed E-state index contributed by atoms with van der Waals surface area (Å²) in [5.41, 5.74) is -0.723. The first-order valence-electron chi connectivity index (χ1n) is 11.3. The molecule has 1 saturated heterocycles. The lowest BCUT2D eigenvalue weighted by atomic mass is 9.73. The second-order valence-corrected chi connectivity index (χ2v) is 10.5. The van der Waals surface area contributed by atoms with Crippen molar-refractivity contribution in [2.45, 2.75) is 104 Å². The molecule has 1 heterocycles. The number of ether oxygens (including phenoxy) is 2.